The maximum Gasteiger partial charge on any atom is 0.154 e. The van der Waals surface area contributed by atoms with Crippen molar-refractivity contribution in [3.8, 4) is 0 Å². The van der Waals surface area contributed by atoms with Crippen LogP contribution in [0.25, 0.3) is 11.0 Å². The molecule has 1 aliphatic rings. The Morgan fingerprint density at radius 1 is 1.57 bits per heavy atom. The lowest BCUT2D eigenvalue weighted by Crippen LogP contribution is -2.46. The van der Waals surface area contributed by atoms with Gasteiger partial charge in [0.2, 0.25) is 0 Å². The van der Waals surface area contributed by atoms with E-state index < -0.39 is 6.10 Å². The molecule has 5 nitrogen and oxygen atoms in total. The standard InChI is InChI=1S/C15H18BrN3O2/c16-10-6-14-12(18-8-10)3-5-19(14)9-11(20)7-13-15(21)2-1-4-17-13/h3,5-6,8,13,15,17,21H,1-2,4,7,9H2/t13-,15+/m1/s1. The number of rotatable bonds is 4. The molecule has 0 aliphatic carbocycles. The lowest BCUT2D eigenvalue weighted by atomic mass is 9.97. The van der Waals surface area contributed by atoms with Gasteiger partial charge in [0.1, 0.15) is 0 Å². The monoisotopic (exact) mass is 351 g/mol. The third-order valence-electron chi connectivity index (χ3n) is 3.93. The number of ketones is 1. The van der Waals surface area contributed by atoms with E-state index in [0.29, 0.717) is 13.0 Å². The second-order valence-corrected chi connectivity index (χ2v) is 6.43. The van der Waals surface area contributed by atoms with Crippen LogP contribution in [0.5, 0.6) is 0 Å². The molecule has 0 amide bonds. The first kappa shape index (κ1) is 14.7. The Balaban J connectivity index is 1.70. The molecule has 0 saturated carbocycles. The molecule has 3 heterocycles. The Morgan fingerprint density at radius 3 is 3.24 bits per heavy atom. The highest BCUT2D eigenvalue weighted by atomic mass is 79.9. The number of carbonyl (C=O) groups excluding carboxylic acids is 1. The summed E-state index contributed by atoms with van der Waals surface area (Å²) in [4.78, 5) is 16.6. The molecule has 0 radical (unpaired) electrons. The quantitative estimate of drug-likeness (QED) is 0.882. The van der Waals surface area contributed by atoms with Crippen LogP contribution < -0.4 is 5.32 Å². The van der Waals surface area contributed by atoms with E-state index in [0.717, 1.165) is 34.9 Å². The lowest BCUT2D eigenvalue weighted by Gasteiger charge is -2.28. The number of nitrogens with zero attached hydrogens (tertiary/aromatic N) is 2. The minimum absolute atomic E-state index is 0.113. The van der Waals surface area contributed by atoms with Gasteiger partial charge in [-0.15, -0.1) is 0 Å². The number of halogens is 1. The number of pyridine rings is 1. The first-order valence-corrected chi connectivity index (χ1v) is 7.96. The smallest absolute Gasteiger partial charge is 0.154 e. The summed E-state index contributed by atoms with van der Waals surface area (Å²) in [5.41, 5.74) is 1.82. The van der Waals surface area contributed by atoms with Crippen molar-refractivity contribution in [3.05, 3.63) is 29.0 Å². The Kier molecular flexibility index (Phi) is 4.37. The van der Waals surface area contributed by atoms with Crippen molar-refractivity contribution in [2.45, 2.75) is 38.0 Å². The Bertz CT molecular complexity index is 655. The van der Waals surface area contributed by atoms with Gasteiger partial charge in [-0.2, -0.15) is 0 Å². The fourth-order valence-corrected chi connectivity index (χ4v) is 3.14. The molecule has 6 heteroatoms. The van der Waals surface area contributed by atoms with Gasteiger partial charge >= 0.3 is 0 Å². The van der Waals surface area contributed by atoms with Crippen LogP contribution >= 0.6 is 15.9 Å². The zero-order chi connectivity index (χ0) is 14.8. The number of fused-ring (bicyclic) bond motifs is 1. The molecule has 0 unspecified atom stereocenters. The van der Waals surface area contributed by atoms with Crippen molar-refractivity contribution >= 4 is 32.7 Å². The van der Waals surface area contributed by atoms with E-state index >= 15 is 0 Å². The summed E-state index contributed by atoms with van der Waals surface area (Å²) < 4.78 is 2.80. The molecule has 0 spiro atoms. The highest BCUT2D eigenvalue weighted by Gasteiger charge is 2.24. The van der Waals surface area contributed by atoms with Gasteiger partial charge in [0, 0.05) is 29.3 Å². The van der Waals surface area contributed by atoms with Gasteiger partial charge in [-0.05, 0) is 47.4 Å². The number of hydrogen-bond acceptors (Lipinski definition) is 4. The van der Waals surface area contributed by atoms with Crippen molar-refractivity contribution < 1.29 is 9.90 Å². The Labute approximate surface area is 131 Å². The van der Waals surface area contributed by atoms with E-state index in [4.69, 9.17) is 0 Å². The normalized spacial score (nSPS) is 22.6. The number of aliphatic hydroxyl groups excluding tert-OH is 1. The summed E-state index contributed by atoms with van der Waals surface area (Å²) in [5, 5.41) is 13.1. The maximum atomic E-state index is 12.2. The van der Waals surface area contributed by atoms with Crippen LogP contribution in [0.3, 0.4) is 0 Å². The summed E-state index contributed by atoms with van der Waals surface area (Å²) in [6, 6.07) is 3.75. The SMILES string of the molecule is O=C(C[C@H]1NCCC[C@@H]1O)Cn1ccc2ncc(Br)cc21. The van der Waals surface area contributed by atoms with E-state index in [9.17, 15) is 9.90 Å². The van der Waals surface area contributed by atoms with Crippen LogP contribution in [0.4, 0.5) is 0 Å². The first-order chi connectivity index (χ1) is 10.1. The molecule has 2 aromatic rings. The highest BCUT2D eigenvalue weighted by Crippen LogP contribution is 2.19. The number of carbonyl (C=O) groups is 1. The van der Waals surface area contributed by atoms with Gasteiger partial charge in [0.15, 0.2) is 5.78 Å². The largest absolute Gasteiger partial charge is 0.391 e. The summed E-state index contributed by atoms with van der Waals surface area (Å²) in [6.45, 7) is 1.19. The topological polar surface area (TPSA) is 67.2 Å². The summed E-state index contributed by atoms with van der Waals surface area (Å²) in [6.07, 6.45) is 5.31. The molecule has 0 aromatic carbocycles. The molecule has 21 heavy (non-hydrogen) atoms. The third kappa shape index (κ3) is 3.33. The highest BCUT2D eigenvalue weighted by molar-refractivity contribution is 9.10. The second kappa shape index (κ2) is 6.25. The third-order valence-corrected chi connectivity index (χ3v) is 4.36. The van der Waals surface area contributed by atoms with Crippen molar-refractivity contribution in [1.82, 2.24) is 14.9 Å². The average molecular weight is 352 g/mol. The minimum atomic E-state index is -0.417. The average Bonchev–Trinajstić information content (AvgIpc) is 2.84. The maximum absolute atomic E-state index is 12.2. The van der Waals surface area contributed by atoms with Crippen molar-refractivity contribution in [3.63, 3.8) is 0 Å². The molecule has 1 aliphatic heterocycles. The van der Waals surface area contributed by atoms with Crippen LogP contribution in [0.15, 0.2) is 29.0 Å². The van der Waals surface area contributed by atoms with Gasteiger partial charge in [-0.3, -0.25) is 9.78 Å². The fraction of sp³-hybridized carbons (Fsp3) is 0.467. The predicted molar refractivity (Wildman–Crippen MR) is 84.1 cm³/mol. The van der Waals surface area contributed by atoms with Crippen LogP contribution in [0.2, 0.25) is 0 Å². The molecule has 112 valence electrons. The van der Waals surface area contributed by atoms with E-state index in [1.807, 2.05) is 22.9 Å². The van der Waals surface area contributed by atoms with Crippen LogP contribution in [-0.4, -0.2) is 39.1 Å². The number of Topliss-reactive ketones (excluding diaryl/α,β-unsaturated/α-hetero) is 1. The van der Waals surface area contributed by atoms with Gasteiger partial charge in [0.25, 0.3) is 0 Å². The van der Waals surface area contributed by atoms with E-state index in [-0.39, 0.29) is 11.8 Å². The number of aromatic nitrogens is 2. The van der Waals surface area contributed by atoms with Crippen molar-refractivity contribution in [2.24, 2.45) is 0 Å². The predicted octanol–water partition coefficient (Wildman–Crippen LogP) is 1.87. The number of piperidine rings is 1. The zero-order valence-electron chi connectivity index (χ0n) is 11.6. The molecule has 1 fully saturated rings. The number of aliphatic hydroxyl groups is 1. The van der Waals surface area contributed by atoms with E-state index in [1.54, 1.807) is 6.20 Å². The molecular weight excluding hydrogens is 334 g/mol. The van der Waals surface area contributed by atoms with Crippen LogP contribution in [0, 0.1) is 0 Å². The molecular formula is C15H18BrN3O2. The van der Waals surface area contributed by atoms with Gasteiger partial charge in [0.05, 0.1) is 23.7 Å². The van der Waals surface area contributed by atoms with Crippen LogP contribution in [-0.2, 0) is 11.3 Å². The molecule has 2 aromatic heterocycles. The van der Waals surface area contributed by atoms with Crippen LogP contribution in [0.1, 0.15) is 19.3 Å². The van der Waals surface area contributed by atoms with Gasteiger partial charge in [-0.1, -0.05) is 0 Å². The minimum Gasteiger partial charge on any atom is -0.391 e. The molecule has 3 rings (SSSR count). The molecule has 1 saturated heterocycles. The lowest BCUT2D eigenvalue weighted by molar-refractivity contribution is -0.121. The van der Waals surface area contributed by atoms with Crippen molar-refractivity contribution in [1.29, 1.82) is 0 Å². The first-order valence-electron chi connectivity index (χ1n) is 7.17. The molecule has 2 N–H and O–H groups in total. The summed E-state index contributed by atoms with van der Waals surface area (Å²) >= 11 is 3.40. The van der Waals surface area contributed by atoms with Gasteiger partial charge < -0.3 is 15.0 Å². The molecule has 0 bridgehead atoms. The number of hydrogen-bond donors (Lipinski definition) is 2. The van der Waals surface area contributed by atoms with E-state index in [2.05, 4.69) is 26.2 Å². The fourth-order valence-electron chi connectivity index (χ4n) is 2.82. The zero-order valence-corrected chi connectivity index (χ0v) is 13.2. The van der Waals surface area contributed by atoms with Gasteiger partial charge in [-0.25, -0.2) is 0 Å². The summed E-state index contributed by atoms with van der Waals surface area (Å²) in [5.74, 6) is 0.117. The summed E-state index contributed by atoms with van der Waals surface area (Å²) in [7, 11) is 0. The van der Waals surface area contributed by atoms with Crippen molar-refractivity contribution in [2.75, 3.05) is 6.54 Å². The Hall–Kier alpha value is -1.24. The second-order valence-electron chi connectivity index (χ2n) is 5.51. The number of nitrogens with one attached hydrogen (secondary N) is 1. The Morgan fingerprint density at radius 2 is 2.43 bits per heavy atom. The van der Waals surface area contributed by atoms with E-state index in [1.165, 1.54) is 0 Å². The molecule has 2 atom stereocenters.